The summed E-state index contributed by atoms with van der Waals surface area (Å²) >= 11 is 1.53. The van der Waals surface area contributed by atoms with Gasteiger partial charge >= 0.3 is 5.97 Å². The molecule has 1 unspecified atom stereocenters. The van der Waals surface area contributed by atoms with Crippen molar-refractivity contribution in [1.82, 2.24) is 0 Å². The lowest BCUT2D eigenvalue weighted by Crippen LogP contribution is -2.32. The molecule has 0 saturated heterocycles. The predicted molar refractivity (Wildman–Crippen MR) is 62.0 cm³/mol. The average Bonchev–Trinajstić information content (AvgIpc) is 2.20. The standard InChI is InChI=1S/C10H14N2O2S/c1-15-9-5-6(2-3-7(9)11)4-8(12)10(13)14/h2-3,5,8H,4,11-12H2,1H3,(H,13,14). The quantitative estimate of drug-likeness (QED) is 0.525. The van der Waals surface area contributed by atoms with Gasteiger partial charge in [0.1, 0.15) is 6.04 Å². The number of rotatable bonds is 4. The summed E-state index contributed by atoms with van der Waals surface area (Å²) in [6.45, 7) is 0. The van der Waals surface area contributed by atoms with Gasteiger partial charge in [-0.15, -0.1) is 11.8 Å². The molecule has 0 heterocycles. The third kappa shape index (κ3) is 3.14. The third-order valence-electron chi connectivity index (χ3n) is 2.07. The molecule has 82 valence electrons. The molecule has 4 nitrogen and oxygen atoms in total. The van der Waals surface area contributed by atoms with Crippen LogP contribution in [0.4, 0.5) is 5.69 Å². The number of nitrogens with two attached hydrogens (primary N) is 2. The van der Waals surface area contributed by atoms with Crippen LogP contribution in [-0.2, 0) is 11.2 Å². The van der Waals surface area contributed by atoms with Gasteiger partial charge in [-0.2, -0.15) is 0 Å². The van der Waals surface area contributed by atoms with E-state index >= 15 is 0 Å². The van der Waals surface area contributed by atoms with Crippen molar-refractivity contribution < 1.29 is 9.90 Å². The second kappa shape index (κ2) is 5.04. The molecule has 0 radical (unpaired) electrons. The molecule has 0 fully saturated rings. The van der Waals surface area contributed by atoms with Crippen molar-refractivity contribution in [1.29, 1.82) is 0 Å². The number of hydrogen-bond donors (Lipinski definition) is 3. The van der Waals surface area contributed by atoms with Crippen LogP contribution in [0.3, 0.4) is 0 Å². The van der Waals surface area contributed by atoms with E-state index in [2.05, 4.69) is 0 Å². The zero-order valence-electron chi connectivity index (χ0n) is 8.43. The zero-order valence-corrected chi connectivity index (χ0v) is 9.25. The Morgan fingerprint density at radius 1 is 1.60 bits per heavy atom. The van der Waals surface area contributed by atoms with E-state index in [9.17, 15) is 4.79 Å². The Morgan fingerprint density at radius 3 is 2.80 bits per heavy atom. The number of anilines is 1. The number of hydrogen-bond acceptors (Lipinski definition) is 4. The van der Waals surface area contributed by atoms with Crippen molar-refractivity contribution in [2.75, 3.05) is 12.0 Å². The van der Waals surface area contributed by atoms with E-state index in [-0.39, 0.29) is 0 Å². The van der Waals surface area contributed by atoms with E-state index in [4.69, 9.17) is 16.6 Å². The van der Waals surface area contributed by atoms with Gasteiger partial charge in [0, 0.05) is 10.6 Å². The summed E-state index contributed by atoms with van der Waals surface area (Å²) in [6.07, 6.45) is 2.25. The topological polar surface area (TPSA) is 89.3 Å². The Hall–Kier alpha value is -1.20. The number of carboxylic acid groups (broad SMARTS) is 1. The van der Waals surface area contributed by atoms with Gasteiger partial charge < -0.3 is 16.6 Å². The molecule has 1 aromatic carbocycles. The molecule has 0 bridgehead atoms. The number of aliphatic carboxylic acids is 1. The number of thioether (sulfide) groups is 1. The lowest BCUT2D eigenvalue weighted by atomic mass is 10.1. The largest absolute Gasteiger partial charge is 0.480 e. The minimum atomic E-state index is -0.988. The molecule has 0 aliphatic rings. The van der Waals surface area contributed by atoms with E-state index in [1.54, 1.807) is 12.1 Å². The van der Waals surface area contributed by atoms with Crippen molar-refractivity contribution in [3.05, 3.63) is 23.8 Å². The van der Waals surface area contributed by atoms with Crippen LogP contribution in [0.15, 0.2) is 23.1 Å². The number of carbonyl (C=O) groups is 1. The molecule has 0 aromatic heterocycles. The highest BCUT2D eigenvalue weighted by Gasteiger charge is 2.12. The summed E-state index contributed by atoms with van der Waals surface area (Å²) in [6, 6.07) is 4.60. The Balaban J connectivity index is 2.83. The van der Waals surface area contributed by atoms with Gasteiger partial charge in [-0.25, -0.2) is 0 Å². The molecule has 1 atom stereocenters. The fourth-order valence-corrected chi connectivity index (χ4v) is 1.80. The Labute approximate surface area is 92.6 Å². The SMILES string of the molecule is CSc1cc(CC(N)C(=O)O)ccc1N. The Morgan fingerprint density at radius 2 is 2.27 bits per heavy atom. The van der Waals surface area contributed by atoms with E-state index in [1.807, 2.05) is 12.3 Å². The van der Waals surface area contributed by atoms with E-state index in [1.165, 1.54) is 11.8 Å². The molecule has 0 saturated carbocycles. The van der Waals surface area contributed by atoms with Crippen LogP contribution in [-0.4, -0.2) is 23.4 Å². The second-order valence-electron chi connectivity index (χ2n) is 3.23. The molecule has 5 heteroatoms. The number of benzene rings is 1. The van der Waals surface area contributed by atoms with E-state index < -0.39 is 12.0 Å². The zero-order chi connectivity index (χ0) is 11.4. The van der Waals surface area contributed by atoms with Crippen LogP contribution in [0.25, 0.3) is 0 Å². The summed E-state index contributed by atoms with van der Waals surface area (Å²) in [5.41, 5.74) is 12.8. The van der Waals surface area contributed by atoms with E-state index in [0.29, 0.717) is 12.1 Å². The maximum absolute atomic E-state index is 10.6. The summed E-state index contributed by atoms with van der Waals surface area (Å²) in [4.78, 5) is 11.5. The van der Waals surface area contributed by atoms with Crippen LogP contribution >= 0.6 is 11.8 Å². The highest BCUT2D eigenvalue weighted by molar-refractivity contribution is 7.98. The van der Waals surface area contributed by atoms with Gasteiger partial charge in [0.15, 0.2) is 0 Å². The molecular formula is C10H14N2O2S. The van der Waals surface area contributed by atoms with Crippen molar-refractivity contribution >= 4 is 23.4 Å². The maximum Gasteiger partial charge on any atom is 0.320 e. The summed E-state index contributed by atoms with van der Waals surface area (Å²) in [7, 11) is 0. The van der Waals surface area contributed by atoms with Crippen molar-refractivity contribution in [3.8, 4) is 0 Å². The summed E-state index contributed by atoms with van der Waals surface area (Å²) < 4.78 is 0. The normalized spacial score (nSPS) is 12.4. The first-order chi connectivity index (χ1) is 7.04. The number of nitrogen functional groups attached to an aromatic ring is 1. The first-order valence-corrected chi connectivity index (χ1v) is 5.68. The summed E-state index contributed by atoms with van der Waals surface area (Å²) in [5.74, 6) is -0.988. The molecule has 0 spiro atoms. The number of carboxylic acids is 1. The molecule has 15 heavy (non-hydrogen) atoms. The van der Waals surface area contributed by atoms with Crippen molar-refractivity contribution in [2.24, 2.45) is 5.73 Å². The molecular weight excluding hydrogens is 212 g/mol. The Kier molecular flexibility index (Phi) is 3.99. The fraction of sp³-hybridized carbons (Fsp3) is 0.300. The third-order valence-corrected chi connectivity index (χ3v) is 2.86. The fourth-order valence-electron chi connectivity index (χ4n) is 1.22. The van der Waals surface area contributed by atoms with Gasteiger partial charge in [0.2, 0.25) is 0 Å². The van der Waals surface area contributed by atoms with E-state index in [0.717, 1.165) is 10.5 Å². The molecule has 0 aliphatic carbocycles. The molecule has 0 amide bonds. The second-order valence-corrected chi connectivity index (χ2v) is 4.07. The lowest BCUT2D eigenvalue weighted by Gasteiger charge is -2.09. The van der Waals surface area contributed by atoms with Crippen LogP contribution in [0.1, 0.15) is 5.56 Å². The molecule has 1 aromatic rings. The van der Waals surface area contributed by atoms with Crippen molar-refractivity contribution in [3.63, 3.8) is 0 Å². The minimum absolute atomic E-state index is 0.323. The first kappa shape index (κ1) is 11.9. The first-order valence-electron chi connectivity index (χ1n) is 4.45. The lowest BCUT2D eigenvalue weighted by molar-refractivity contribution is -0.138. The van der Waals surface area contributed by atoms with Crippen LogP contribution in [0.5, 0.6) is 0 Å². The van der Waals surface area contributed by atoms with Crippen LogP contribution in [0.2, 0.25) is 0 Å². The van der Waals surface area contributed by atoms with Crippen LogP contribution in [0, 0.1) is 0 Å². The Bertz CT molecular complexity index is 368. The van der Waals surface area contributed by atoms with Crippen LogP contribution < -0.4 is 11.5 Å². The highest BCUT2D eigenvalue weighted by Crippen LogP contribution is 2.24. The smallest absolute Gasteiger partial charge is 0.320 e. The monoisotopic (exact) mass is 226 g/mol. The van der Waals surface area contributed by atoms with Crippen molar-refractivity contribution in [2.45, 2.75) is 17.4 Å². The van der Waals surface area contributed by atoms with Gasteiger partial charge in [-0.05, 0) is 30.4 Å². The molecule has 5 N–H and O–H groups in total. The highest BCUT2D eigenvalue weighted by atomic mass is 32.2. The minimum Gasteiger partial charge on any atom is -0.480 e. The van der Waals surface area contributed by atoms with Gasteiger partial charge in [-0.3, -0.25) is 4.79 Å². The van der Waals surface area contributed by atoms with Gasteiger partial charge in [0.05, 0.1) is 0 Å². The van der Waals surface area contributed by atoms with Gasteiger partial charge in [0.25, 0.3) is 0 Å². The predicted octanol–water partition coefficient (Wildman–Crippen LogP) is 0.945. The molecule has 0 aliphatic heterocycles. The summed E-state index contributed by atoms with van der Waals surface area (Å²) in [5, 5.41) is 8.67. The average molecular weight is 226 g/mol. The maximum atomic E-state index is 10.6. The molecule has 1 rings (SSSR count). The van der Waals surface area contributed by atoms with Gasteiger partial charge in [-0.1, -0.05) is 6.07 Å².